The molecule has 1 aliphatic rings. The highest BCUT2D eigenvalue weighted by molar-refractivity contribution is 6.31. The standard InChI is InChI=1S/C20H24ClN3O4/c1-2-28-20(27)23-11-9-22(10-12-23)13-16-7-8-24(19(26)18(16)25)14-15-5-3-4-6-17(15)21/h3-8,25H,2,9-14H2,1H3. The molecule has 28 heavy (non-hydrogen) atoms. The lowest BCUT2D eigenvalue weighted by Gasteiger charge is -2.34. The van der Waals surface area contributed by atoms with Gasteiger partial charge in [0.1, 0.15) is 0 Å². The SMILES string of the molecule is CCOC(=O)N1CCN(Cc2ccn(Cc3ccccc3Cl)c(=O)c2O)CC1. The molecular weight excluding hydrogens is 382 g/mol. The maximum atomic E-state index is 12.5. The number of carbonyl (C=O) groups is 1. The minimum atomic E-state index is -0.442. The summed E-state index contributed by atoms with van der Waals surface area (Å²) in [6, 6.07) is 9.06. The zero-order valence-corrected chi connectivity index (χ0v) is 16.6. The van der Waals surface area contributed by atoms with Crippen LogP contribution in [0.25, 0.3) is 0 Å². The van der Waals surface area contributed by atoms with Gasteiger partial charge < -0.3 is 19.3 Å². The molecule has 2 heterocycles. The summed E-state index contributed by atoms with van der Waals surface area (Å²) in [6.07, 6.45) is 1.38. The van der Waals surface area contributed by atoms with E-state index in [4.69, 9.17) is 16.3 Å². The predicted octanol–water partition coefficient (Wildman–Crippen LogP) is 2.53. The molecule has 1 fully saturated rings. The number of benzene rings is 1. The van der Waals surface area contributed by atoms with Crippen molar-refractivity contribution in [1.82, 2.24) is 14.4 Å². The van der Waals surface area contributed by atoms with Crippen molar-refractivity contribution in [3.63, 3.8) is 0 Å². The highest BCUT2D eigenvalue weighted by Crippen LogP contribution is 2.18. The van der Waals surface area contributed by atoms with E-state index in [9.17, 15) is 14.7 Å². The minimum absolute atomic E-state index is 0.248. The van der Waals surface area contributed by atoms with E-state index >= 15 is 0 Å². The Hall–Kier alpha value is -2.51. The molecule has 150 valence electrons. The first-order valence-corrected chi connectivity index (χ1v) is 9.66. The van der Waals surface area contributed by atoms with Crippen LogP contribution in [0.2, 0.25) is 5.02 Å². The summed E-state index contributed by atoms with van der Waals surface area (Å²) in [5.41, 5.74) is 0.945. The maximum absolute atomic E-state index is 12.5. The van der Waals surface area contributed by atoms with Gasteiger partial charge in [0.15, 0.2) is 5.75 Å². The molecular formula is C20H24ClN3O4. The second kappa shape index (κ2) is 9.12. The van der Waals surface area contributed by atoms with Gasteiger partial charge in [-0.15, -0.1) is 0 Å². The topological polar surface area (TPSA) is 75.0 Å². The molecule has 0 unspecified atom stereocenters. The fourth-order valence-corrected chi connectivity index (χ4v) is 3.40. The molecule has 0 saturated carbocycles. The van der Waals surface area contributed by atoms with Gasteiger partial charge in [0.25, 0.3) is 5.56 Å². The lowest BCUT2D eigenvalue weighted by Crippen LogP contribution is -2.48. The molecule has 1 aromatic heterocycles. The number of aromatic nitrogens is 1. The van der Waals surface area contributed by atoms with E-state index < -0.39 is 5.56 Å². The Bertz CT molecular complexity index is 891. The molecule has 7 nitrogen and oxygen atoms in total. The number of piperazine rings is 1. The van der Waals surface area contributed by atoms with E-state index in [0.29, 0.717) is 56.5 Å². The summed E-state index contributed by atoms with van der Waals surface area (Å²) >= 11 is 6.16. The fourth-order valence-electron chi connectivity index (χ4n) is 3.21. The van der Waals surface area contributed by atoms with Crippen molar-refractivity contribution in [3.8, 4) is 5.75 Å². The van der Waals surface area contributed by atoms with Crippen molar-refractivity contribution >= 4 is 17.7 Å². The molecule has 2 aromatic rings. The van der Waals surface area contributed by atoms with E-state index in [2.05, 4.69) is 4.90 Å². The van der Waals surface area contributed by atoms with Gasteiger partial charge in [0.2, 0.25) is 0 Å². The van der Waals surface area contributed by atoms with Crippen LogP contribution in [0.3, 0.4) is 0 Å². The van der Waals surface area contributed by atoms with Gasteiger partial charge in [0.05, 0.1) is 13.2 Å². The molecule has 1 aromatic carbocycles. The maximum Gasteiger partial charge on any atom is 0.409 e. The Morgan fingerprint density at radius 1 is 1.11 bits per heavy atom. The third-order valence-electron chi connectivity index (χ3n) is 4.81. The molecule has 0 atom stereocenters. The zero-order chi connectivity index (χ0) is 20.1. The Morgan fingerprint density at radius 2 is 1.82 bits per heavy atom. The first-order chi connectivity index (χ1) is 13.5. The van der Waals surface area contributed by atoms with E-state index in [1.807, 2.05) is 18.2 Å². The normalized spacial score (nSPS) is 14.9. The predicted molar refractivity (Wildman–Crippen MR) is 107 cm³/mol. The van der Waals surface area contributed by atoms with Crippen molar-refractivity contribution in [3.05, 3.63) is 63.0 Å². The largest absolute Gasteiger partial charge is 0.503 e. The van der Waals surface area contributed by atoms with Crippen LogP contribution in [0.5, 0.6) is 5.75 Å². The third kappa shape index (κ3) is 4.66. The van der Waals surface area contributed by atoms with Gasteiger partial charge in [-0.25, -0.2) is 4.79 Å². The molecule has 1 aliphatic heterocycles. The second-order valence-electron chi connectivity index (χ2n) is 6.68. The van der Waals surface area contributed by atoms with E-state index in [-0.39, 0.29) is 11.8 Å². The number of ether oxygens (including phenoxy) is 1. The summed E-state index contributed by atoms with van der Waals surface area (Å²) in [6.45, 7) is 5.31. The number of hydrogen-bond donors (Lipinski definition) is 1. The van der Waals surface area contributed by atoms with Crippen molar-refractivity contribution in [2.24, 2.45) is 0 Å². The lowest BCUT2D eigenvalue weighted by molar-refractivity contribution is 0.0776. The molecule has 0 bridgehead atoms. The number of rotatable bonds is 5. The van der Waals surface area contributed by atoms with Gasteiger partial charge in [-0.3, -0.25) is 9.69 Å². The van der Waals surface area contributed by atoms with Crippen LogP contribution >= 0.6 is 11.6 Å². The summed E-state index contributed by atoms with van der Waals surface area (Å²) < 4.78 is 6.46. The van der Waals surface area contributed by atoms with Crippen LogP contribution in [0.15, 0.2) is 41.3 Å². The summed E-state index contributed by atoms with van der Waals surface area (Å²) in [5, 5.41) is 11.0. The molecule has 1 amide bonds. The van der Waals surface area contributed by atoms with Gasteiger partial charge in [-0.1, -0.05) is 29.8 Å². The van der Waals surface area contributed by atoms with Crippen LogP contribution in [0.1, 0.15) is 18.1 Å². The van der Waals surface area contributed by atoms with E-state index in [1.54, 1.807) is 30.2 Å². The van der Waals surface area contributed by atoms with Gasteiger partial charge in [-0.05, 0) is 24.6 Å². The smallest absolute Gasteiger partial charge is 0.409 e. The van der Waals surface area contributed by atoms with Crippen LogP contribution in [0.4, 0.5) is 4.79 Å². The molecule has 1 N–H and O–H groups in total. The summed E-state index contributed by atoms with van der Waals surface area (Å²) in [7, 11) is 0. The molecule has 0 spiro atoms. The lowest BCUT2D eigenvalue weighted by atomic mass is 10.2. The highest BCUT2D eigenvalue weighted by atomic mass is 35.5. The van der Waals surface area contributed by atoms with Crippen molar-refractivity contribution in [2.45, 2.75) is 20.0 Å². The Kier molecular flexibility index (Phi) is 6.59. The molecule has 3 rings (SSSR count). The molecule has 1 saturated heterocycles. The van der Waals surface area contributed by atoms with E-state index in [1.165, 1.54) is 4.57 Å². The number of pyridine rings is 1. The Balaban J connectivity index is 1.65. The van der Waals surface area contributed by atoms with Crippen LogP contribution in [0, 0.1) is 0 Å². The van der Waals surface area contributed by atoms with Crippen LogP contribution in [-0.4, -0.2) is 58.4 Å². The third-order valence-corrected chi connectivity index (χ3v) is 5.18. The molecule has 8 heteroatoms. The number of nitrogens with zero attached hydrogens (tertiary/aromatic N) is 3. The van der Waals surface area contributed by atoms with Crippen LogP contribution < -0.4 is 5.56 Å². The fraction of sp³-hybridized carbons (Fsp3) is 0.400. The minimum Gasteiger partial charge on any atom is -0.503 e. The Morgan fingerprint density at radius 3 is 2.50 bits per heavy atom. The molecule has 0 aliphatic carbocycles. The van der Waals surface area contributed by atoms with Gasteiger partial charge in [-0.2, -0.15) is 0 Å². The van der Waals surface area contributed by atoms with Crippen molar-refractivity contribution < 1.29 is 14.6 Å². The van der Waals surface area contributed by atoms with Gasteiger partial charge >= 0.3 is 6.09 Å². The Labute approximate surface area is 168 Å². The summed E-state index contributed by atoms with van der Waals surface area (Å²) in [4.78, 5) is 28.1. The summed E-state index contributed by atoms with van der Waals surface area (Å²) in [5.74, 6) is -0.248. The number of carbonyl (C=O) groups excluding carboxylic acids is 1. The van der Waals surface area contributed by atoms with E-state index in [0.717, 1.165) is 5.56 Å². The monoisotopic (exact) mass is 405 g/mol. The van der Waals surface area contributed by atoms with Crippen molar-refractivity contribution in [1.29, 1.82) is 0 Å². The second-order valence-corrected chi connectivity index (χ2v) is 7.08. The average molecular weight is 406 g/mol. The first kappa shape index (κ1) is 20.2. The average Bonchev–Trinajstić information content (AvgIpc) is 2.70. The zero-order valence-electron chi connectivity index (χ0n) is 15.8. The molecule has 0 radical (unpaired) electrons. The van der Waals surface area contributed by atoms with Crippen molar-refractivity contribution in [2.75, 3.05) is 32.8 Å². The highest BCUT2D eigenvalue weighted by Gasteiger charge is 2.23. The number of aromatic hydroxyl groups is 1. The number of hydrogen-bond acceptors (Lipinski definition) is 5. The number of halogens is 1. The van der Waals surface area contributed by atoms with Gasteiger partial charge in [0, 0.05) is 49.5 Å². The quantitative estimate of drug-likeness (QED) is 0.827. The van der Waals surface area contributed by atoms with Crippen LogP contribution in [-0.2, 0) is 17.8 Å². The number of amides is 1. The first-order valence-electron chi connectivity index (χ1n) is 9.28.